The number of aromatic nitrogens is 1. The van der Waals surface area contributed by atoms with Crippen molar-refractivity contribution >= 4 is 52.3 Å². The molecule has 1 aromatic heterocycles. The molecule has 0 fully saturated rings. The van der Waals surface area contributed by atoms with Gasteiger partial charge in [-0.05, 0) is 0 Å². The molecule has 0 aliphatic carbocycles. The first-order chi connectivity index (χ1) is 10.7. The number of thiazole rings is 1. The van der Waals surface area contributed by atoms with Crippen LogP contribution in [0.3, 0.4) is 0 Å². The molecule has 1 heterocycles. The maximum atomic E-state index is 11.8. The number of rotatable bonds is 6. The van der Waals surface area contributed by atoms with E-state index in [2.05, 4.69) is 25.9 Å². The maximum absolute atomic E-state index is 11.8. The van der Waals surface area contributed by atoms with Crippen LogP contribution in [-0.4, -0.2) is 51.1 Å². The molecule has 24 heavy (non-hydrogen) atoms. The predicted octanol–water partition coefficient (Wildman–Crippen LogP) is 1.65. The molecule has 1 amide bonds. The Morgan fingerprint density at radius 3 is 2.38 bits per heavy atom. The van der Waals surface area contributed by atoms with Crippen molar-refractivity contribution < 1.29 is 4.79 Å². The van der Waals surface area contributed by atoms with Crippen LogP contribution in [0.25, 0.3) is 0 Å². The van der Waals surface area contributed by atoms with Crippen LogP contribution in [0.1, 0.15) is 26.5 Å². The molecular formula is C15H29IN6OS. The SMILES string of the molecule is CN=C(NCCNC(=O)C(C)(C)C)NCc1csc(N(C)C)n1.I. The second-order valence-electron chi connectivity index (χ2n) is 6.37. The number of anilines is 1. The van der Waals surface area contributed by atoms with Crippen LogP contribution in [-0.2, 0) is 11.3 Å². The Kier molecular flexibility index (Phi) is 10.2. The molecule has 0 bridgehead atoms. The second kappa shape index (κ2) is 10.7. The van der Waals surface area contributed by atoms with Gasteiger partial charge in [-0.1, -0.05) is 20.8 Å². The number of amides is 1. The monoisotopic (exact) mass is 468 g/mol. The minimum Gasteiger partial charge on any atom is -0.355 e. The maximum Gasteiger partial charge on any atom is 0.225 e. The van der Waals surface area contributed by atoms with Crippen molar-refractivity contribution in [1.29, 1.82) is 0 Å². The molecule has 0 atom stereocenters. The standard InChI is InChI=1S/C15H28N6OS.HI/c1-15(2,3)12(22)17-7-8-18-13(16-4)19-9-11-10-23-14(20-11)21(5)6;/h10H,7-9H2,1-6H3,(H,17,22)(H2,16,18,19);1H. The lowest BCUT2D eigenvalue weighted by Crippen LogP contribution is -2.43. The molecule has 0 spiro atoms. The molecule has 0 aromatic carbocycles. The van der Waals surface area contributed by atoms with E-state index < -0.39 is 0 Å². The average Bonchev–Trinajstić information content (AvgIpc) is 2.94. The fourth-order valence-electron chi connectivity index (χ4n) is 1.60. The normalized spacial score (nSPS) is 11.5. The molecule has 0 aliphatic heterocycles. The van der Waals surface area contributed by atoms with Gasteiger partial charge in [-0.2, -0.15) is 0 Å². The number of aliphatic imine (C=N–C) groups is 1. The molecule has 1 rings (SSSR count). The van der Waals surface area contributed by atoms with Gasteiger partial charge in [-0.15, -0.1) is 35.3 Å². The van der Waals surface area contributed by atoms with E-state index in [1.165, 1.54) is 0 Å². The minimum atomic E-state index is -0.366. The van der Waals surface area contributed by atoms with Crippen molar-refractivity contribution in [2.45, 2.75) is 27.3 Å². The van der Waals surface area contributed by atoms with Crippen molar-refractivity contribution in [2.75, 3.05) is 39.1 Å². The van der Waals surface area contributed by atoms with Crippen LogP contribution >= 0.6 is 35.3 Å². The summed E-state index contributed by atoms with van der Waals surface area (Å²) in [6.45, 7) is 7.46. The van der Waals surface area contributed by atoms with E-state index in [1.54, 1.807) is 18.4 Å². The first-order valence-corrected chi connectivity index (χ1v) is 8.46. The lowest BCUT2D eigenvalue weighted by atomic mass is 9.96. The van der Waals surface area contributed by atoms with Gasteiger partial charge < -0.3 is 20.9 Å². The molecule has 1 aromatic rings. The summed E-state index contributed by atoms with van der Waals surface area (Å²) >= 11 is 1.61. The van der Waals surface area contributed by atoms with E-state index >= 15 is 0 Å². The smallest absolute Gasteiger partial charge is 0.225 e. The Hall–Kier alpha value is -1.10. The zero-order valence-electron chi connectivity index (χ0n) is 15.3. The van der Waals surface area contributed by atoms with Crippen molar-refractivity contribution in [3.8, 4) is 0 Å². The number of nitrogens with zero attached hydrogens (tertiary/aromatic N) is 3. The molecule has 0 saturated heterocycles. The highest BCUT2D eigenvalue weighted by Crippen LogP contribution is 2.17. The Labute approximate surface area is 165 Å². The summed E-state index contributed by atoms with van der Waals surface area (Å²) in [5.74, 6) is 0.732. The van der Waals surface area contributed by atoms with Gasteiger partial charge in [0.05, 0.1) is 12.2 Å². The average molecular weight is 468 g/mol. The van der Waals surface area contributed by atoms with E-state index in [-0.39, 0.29) is 35.3 Å². The van der Waals surface area contributed by atoms with Crippen molar-refractivity contribution in [2.24, 2.45) is 10.4 Å². The van der Waals surface area contributed by atoms with Gasteiger partial charge in [-0.3, -0.25) is 9.79 Å². The highest BCUT2D eigenvalue weighted by atomic mass is 127. The summed E-state index contributed by atoms with van der Waals surface area (Å²) in [5, 5.41) is 12.3. The quantitative estimate of drug-likeness (QED) is 0.256. The first kappa shape index (κ1) is 22.9. The summed E-state index contributed by atoms with van der Waals surface area (Å²) in [6, 6.07) is 0. The minimum absolute atomic E-state index is 0. The summed E-state index contributed by atoms with van der Waals surface area (Å²) in [7, 11) is 5.67. The lowest BCUT2D eigenvalue weighted by molar-refractivity contribution is -0.128. The number of hydrogen-bond acceptors (Lipinski definition) is 5. The summed E-state index contributed by atoms with van der Waals surface area (Å²) in [4.78, 5) is 22.4. The van der Waals surface area contributed by atoms with Crippen LogP contribution in [0.2, 0.25) is 0 Å². The van der Waals surface area contributed by atoms with Crippen LogP contribution in [0.15, 0.2) is 10.4 Å². The third-order valence-electron chi connectivity index (χ3n) is 2.97. The fourth-order valence-corrected chi connectivity index (χ4v) is 2.36. The molecule has 0 aliphatic rings. The summed E-state index contributed by atoms with van der Waals surface area (Å²) < 4.78 is 0. The topological polar surface area (TPSA) is 81.6 Å². The predicted molar refractivity (Wildman–Crippen MR) is 113 cm³/mol. The van der Waals surface area contributed by atoms with Crippen LogP contribution in [0, 0.1) is 5.41 Å². The van der Waals surface area contributed by atoms with Gasteiger partial charge in [0.1, 0.15) is 0 Å². The number of carbonyl (C=O) groups excluding carboxylic acids is 1. The largest absolute Gasteiger partial charge is 0.355 e. The van der Waals surface area contributed by atoms with Gasteiger partial charge in [0.25, 0.3) is 0 Å². The highest BCUT2D eigenvalue weighted by molar-refractivity contribution is 14.0. The molecule has 7 nitrogen and oxygen atoms in total. The van der Waals surface area contributed by atoms with Gasteiger partial charge in [0.2, 0.25) is 5.91 Å². The number of nitrogens with one attached hydrogen (secondary N) is 3. The molecular weight excluding hydrogens is 439 g/mol. The van der Waals surface area contributed by atoms with E-state index in [0.29, 0.717) is 25.6 Å². The lowest BCUT2D eigenvalue weighted by Gasteiger charge is -2.18. The van der Waals surface area contributed by atoms with Crippen molar-refractivity contribution in [3.05, 3.63) is 11.1 Å². The van der Waals surface area contributed by atoms with Crippen molar-refractivity contribution in [3.63, 3.8) is 0 Å². The molecule has 0 radical (unpaired) electrons. The Morgan fingerprint density at radius 2 is 1.88 bits per heavy atom. The third kappa shape index (κ3) is 8.13. The fraction of sp³-hybridized carbons (Fsp3) is 0.667. The number of halogens is 1. The zero-order valence-corrected chi connectivity index (χ0v) is 18.4. The van der Waals surface area contributed by atoms with Crippen molar-refractivity contribution in [1.82, 2.24) is 20.9 Å². The van der Waals surface area contributed by atoms with Crippen LogP contribution in [0.4, 0.5) is 5.13 Å². The highest BCUT2D eigenvalue weighted by Gasteiger charge is 2.20. The van der Waals surface area contributed by atoms with Gasteiger partial charge in [0, 0.05) is 45.0 Å². The van der Waals surface area contributed by atoms with E-state index in [0.717, 1.165) is 10.8 Å². The second-order valence-corrected chi connectivity index (χ2v) is 7.21. The Morgan fingerprint density at radius 1 is 1.25 bits per heavy atom. The molecule has 0 unspecified atom stereocenters. The first-order valence-electron chi connectivity index (χ1n) is 7.58. The van der Waals surface area contributed by atoms with E-state index in [1.807, 2.05) is 45.1 Å². The van der Waals surface area contributed by atoms with Gasteiger partial charge >= 0.3 is 0 Å². The summed E-state index contributed by atoms with van der Waals surface area (Å²) in [5.41, 5.74) is 0.608. The molecule has 138 valence electrons. The summed E-state index contributed by atoms with van der Waals surface area (Å²) in [6.07, 6.45) is 0. The number of hydrogen-bond donors (Lipinski definition) is 3. The Balaban J connectivity index is 0.00000529. The van der Waals surface area contributed by atoms with Gasteiger partial charge in [0.15, 0.2) is 11.1 Å². The molecule has 3 N–H and O–H groups in total. The van der Waals surface area contributed by atoms with Crippen LogP contribution in [0.5, 0.6) is 0 Å². The number of carbonyl (C=O) groups is 1. The number of guanidine groups is 1. The third-order valence-corrected chi connectivity index (χ3v) is 4.02. The van der Waals surface area contributed by atoms with Crippen LogP contribution < -0.4 is 20.9 Å². The van der Waals surface area contributed by atoms with E-state index in [4.69, 9.17) is 0 Å². The van der Waals surface area contributed by atoms with E-state index in [9.17, 15) is 4.79 Å². The molecule has 9 heteroatoms. The Bertz CT molecular complexity index is 538. The van der Waals surface area contributed by atoms with Gasteiger partial charge in [-0.25, -0.2) is 4.98 Å². The zero-order chi connectivity index (χ0) is 17.5. The molecule has 0 saturated carbocycles.